The van der Waals surface area contributed by atoms with E-state index in [2.05, 4.69) is 32.6 Å². The van der Waals surface area contributed by atoms with Crippen LogP contribution < -0.4 is 5.73 Å². The SMILES string of the molecule is CCC1CN(CCC(N)C(C)(C)C)CCO1. The van der Waals surface area contributed by atoms with Gasteiger partial charge in [-0.25, -0.2) is 0 Å². The van der Waals surface area contributed by atoms with Crippen molar-refractivity contribution in [3.8, 4) is 0 Å². The molecule has 16 heavy (non-hydrogen) atoms. The van der Waals surface area contributed by atoms with E-state index in [4.69, 9.17) is 10.5 Å². The molecule has 0 amide bonds. The molecule has 1 fully saturated rings. The van der Waals surface area contributed by atoms with Gasteiger partial charge >= 0.3 is 0 Å². The van der Waals surface area contributed by atoms with Gasteiger partial charge in [-0.05, 0) is 24.8 Å². The zero-order valence-electron chi connectivity index (χ0n) is 11.3. The Kier molecular flexibility index (Phi) is 5.22. The molecule has 2 unspecified atom stereocenters. The molecule has 3 nitrogen and oxygen atoms in total. The maximum Gasteiger partial charge on any atom is 0.0700 e. The minimum absolute atomic E-state index is 0.219. The van der Waals surface area contributed by atoms with Gasteiger partial charge in [0.25, 0.3) is 0 Å². The Hall–Kier alpha value is -0.120. The number of rotatable bonds is 4. The fraction of sp³-hybridized carbons (Fsp3) is 1.00. The van der Waals surface area contributed by atoms with Crippen molar-refractivity contribution in [3.63, 3.8) is 0 Å². The summed E-state index contributed by atoms with van der Waals surface area (Å²) in [5.41, 5.74) is 6.40. The Morgan fingerprint density at radius 1 is 1.44 bits per heavy atom. The maximum atomic E-state index is 6.18. The van der Waals surface area contributed by atoms with E-state index >= 15 is 0 Å². The number of nitrogens with two attached hydrogens (primary N) is 1. The molecular formula is C13H28N2O. The van der Waals surface area contributed by atoms with Crippen molar-refractivity contribution in [2.24, 2.45) is 11.1 Å². The molecule has 2 N–H and O–H groups in total. The second kappa shape index (κ2) is 5.99. The van der Waals surface area contributed by atoms with Crippen molar-refractivity contribution in [3.05, 3.63) is 0 Å². The molecule has 0 aromatic rings. The van der Waals surface area contributed by atoms with Crippen LogP contribution in [-0.2, 0) is 4.74 Å². The molecule has 0 aliphatic carbocycles. The molecule has 1 heterocycles. The number of morpholine rings is 1. The van der Waals surface area contributed by atoms with Crippen molar-refractivity contribution in [1.29, 1.82) is 0 Å². The first kappa shape index (κ1) is 13.9. The molecule has 3 heteroatoms. The van der Waals surface area contributed by atoms with Crippen LogP contribution in [0, 0.1) is 5.41 Å². The second-order valence-corrected chi connectivity index (χ2v) is 5.96. The summed E-state index contributed by atoms with van der Waals surface area (Å²) in [4.78, 5) is 2.49. The molecule has 0 bridgehead atoms. The monoisotopic (exact) mass is 228 g/mol. The summed E-state index contributed by atoms with van der Waals surface area (Å²) in [5, 5.41) is 0. The smallest absolute Gasteiger partial charge is 0.0700 e. The first-order valence-electron chi connectivity index (χ1n) is 6.53. The predicted octanol–water partition coefficient (Wildman–Crippen LogP) is 1.86. The number of ether oxygens (including phenoxy) is 1. The van der Waals surface area contributed by atoms with Gasteiger partial charge in [0.2, 0.25) is 0 Å². The van der Waals surface area contributed by atoms with E-state index in [9.17, 15) is 0 Å². The van der Waals surface area contributed by atoms with Crippen LogP contribution in [0.5, 0.6) is 0 Å². The summed E-state index contributed by atoms with van der Waals surface area (Å²) < 4.78 is 5.66. The molecule has 1 rings (SSSR count). The molecule has 0 aromatic carbocycles. The summed E-state index contributed by atoms with van der Waals surface area (Å²) in [6.45, 7) is 13.0. The van der Waals surface area contributed by atoms with E-state index in [1.165, 1.54) is 0 Å². The Morgan fingerprint density at radius 2 is 2.12 bits per heavy atom. The fourth-order valence-electron chi connectivity index (χ4n) is 1.99. The molecule has 0 radical (unpaired) electrons. The number of nitrogens with zero attached hydrogens (tertiary/aromatic N) is 1. The van der Waals surface area contributed by atoms with E-state index in [1.54, 1.807) is 0 Å². The Labute approximate surface area is 100 Å². The maximum absolute atomic E-state index is 6.18. The normalized spacial score (nSPS) is 25.7. The third kappa shape index (κ3) is 4.40. The van der Waals surface area contributed by atoms with E-state index in [1.807, 2.05) is 0 Å². The zero-order valence-corrected chi connectivity index (χ0v) is 11.3. The van der Waals surface area contributed by atoms with E-state index < -0.39 is 0 Å². The Morgan fingerprint density at radius 3 is 2.69 bits per heavy atom. The van der Waals surface area contributed by atoms with Crippen molar-refractivity contribution >= 4 is 0 Å². The van der Waals surface area contributed by atoms with Crippen LogP contribution in [0.15, 0.2) is 0 Å². The minimum atomic E-state index is 0.219. The molecule has 1 aliphatic heterocycles. The zero-order chi connectivity index (χ0) is 12.2. The molecule has 1 aliphatic rings. The van der Waals surface area contributed by atoms with Crippen LogP contribution in [0.1, 0.15) is 40.5 Å². The van der Waals surface area contributed by atoms with Gasteiger partial charge in [-0.15, -0.1) is 0 Å². The summed E-state index contributed by atoms with van der Waals surface area (Å²) in [5.74, 6) is 0. The van der Waals surface area contributed by atoms with Gasteiger partial charge < -0.3 is 10.5 Å². The number of hydrogen-bond donors (Lipinski definition) is 1. The van der Waals surface area contributed by atoms with Gasteiger partial charge in [-0.2, -0.15) is 0 Å². The standard InChI is InChI=1S/C13H28N2O/c1-5-11-10-15(8-9-16-11)7-6-12(14)13(2,3)4/h11-12H,5-10,14H2,1-4H3. The Balaban J connectivity index is 2.27. The van der Waals surface area contributed by atoms with Crippen molar-refractivity contribution < 1.29 is 4.74 Å². The van der Waals surface area contributed by atoms with E-state index in [0.29, 0.717) is 6.10 Å². The van der Waals surface area contributed by atoms with Crippen molar-refractivity contribution in [2.45, 2.75) is 52.7 Å². The third-order valence-electron chi connectivity index (χ3n) is 3.55. The van der Waals surface area contributed by atoms with Crippen molar-refractivity contribution in [2.75, 3.05) is 26.2 Å². The van der Waals surface area contributed by atoms with Gasteiger partial charge in [0, 0.05) is 19.1 Å². The lowest BCUT2D eigenvalue weighted by Gasteiger charge is -2.34. The summed E-state index contributed by atoms with van der Waals surface area (Å²) in [7, 11) is 0. The van der Waals surface area contributed by atoms with Gasteiger partial charge in [0.05, 0.1) is 12.7 Å². The number of hydrogen-bond acceptors (Lipinski definition) is 3. The molecule has 0 spiro atoms. The molecular weight excluding hydrogens is 200 g/mol. The lowest BCUT2D eigenvalue weighted by atomic mass is 9.85. The largest absolute Gasteiger partial charge is 0.376 e. The first-order valence-corrected chi connectivity index (χ1v) is 6.53. The highest BCUT2D eigenvalue weighted by atomic mass is 16.5. The highest BCUT2D eigenvalue weighted by Gasteiger charge is 2.23. The molecule has 0 aromatic heterocycles. The van der Waals surface area contributed by atoms with Gasteiger partial charge in [-0.3, -0.25) is 4.90 Å². The average molecular weight is 228 g/mol. The van der Waals surface area contributed by atoms with Crippen LogP contribution in [0.4, 0.5) is 0 Å². The van der Waals surface area contributed by atoms with Gasteiger partial charge in [0.1, 0.15) is 0 Å². The molecule has 96 valence electrons. The highest BCUT2D eigenvalue weighted by molar-refractivity contribution is 4.79. The fourth-order valence-corrected chi connectivity index (χ4v) is 1.99. The summed E-state index contributed by atoms with van der Waals surface area (Å²) in [6.07, 6.45) is 2.63. The van der Waals surface area contributed by atoms with Crippen LogP contribution in [0.2, 0.25) is 0 Å². The van der Waals surface area contributed by atoms with Gasteiger partial charge in [-0.1, -0.05) is 27.7 Å². The van der Waals surface area contributed by atoms with E-state index in [0.717, 1.165) is 39.1 Å². The second-order valence-electron chi connectivity index (χ2n) is 5.96. The van der Waals surface area contributed by atoms with Crippen molar-refractivity contribution in [1.82, 2.24) is 4.90 Å². The molecule has 2 atom stereocenters. The quantitative estimate of drug-likeness (QED) is 0.798. The average Bonchev–Trinajstić information content (AvgIpc) is 2.25. The van der Waals surface area contributed by atoms with Gasteiger partial charge in [0.15, 0.2) is 0 Å². The lowest BCUT2D eigenvalue weighted by molar-refractivity contribution is -0.0309. The first-order chi connectivity index (χ1) is 7.43. The van der Waals surface area contributed by atoms with Crippen LogP contribution in [0.25, 0.3) is 0 Å². The highest BCUT2D eigenvalue weighted by Crippen LogP contribution is 2.20. The summed E-state index contributed by atoms with van der Waals surface area (Å²) >= 11 is 0. The minimum Gasteiger partial charge on any atom is -0.376 e. The Bertz CT molecular complexity index is 201. The molecule has 1 saturated heterocycles. The van der Waals surface area contributed by atoms with Crippen LogP contribution >= 0.6 is 0 Å². The summed E-state index contributed by atoms with van der Waals surface area (Å²) in [6, 6.07) is 0.287. The predicted molar refractivity (Wildman–Crippen MR) is 68.5 cm³/mol. The third-order valence-corrected chi connectivity index (χ3v) is 3.55. The topological polar surface area (TPSA) is 38.5 Å². The van der Waals surface area contributed by atoms with E-state index in [-0.39, 0.29) is 11.5 Å². The van der Waals surface area contributed by atoms with Crippen LogP contribution in [0.3, 0.4) is 0 Å². The molecule has 0 saturated carbocycles. The van der Waals surface area contributed by atoms with Crippen LogP contribution in [-0.4, -0.2) is 43.3 Å². The lowest BCUT2D eigenvalue weighted by Crippen LogP contribution is -2.45.